The number of carbonyl (C=O) groups excluding carboxylic acids is 2. The Morgan fingerprint density at radius 3 is 2.90 bits per heavy atom. The zero-order valence-electron chi connectivity index (χ0n) is 17.0. The van der Waals surface area contributed by atoms with Crippen molar-refractivity contribution in [3.8, 4) is 5.69 Å². The lowest BCUT2D eigenvalue weighted by atomic mass is 9.92. The molecule has 29 heavy (non-hydrogen) atoms. The fourth-order valence-electron chi connectivity index (χ4n) is 3.96. The lowest BCUT2D eigenvalue weighted by Gasteiger charge is -2.24. The molecule has 0 saturated carbocycles. The fraction of sp³-hybridized carbons (Fsp3) is 0.348. The molecule has 150 valence electrons. The lowest BCUT2D eigenvalue weighted by molar-refractivity contribution is -0.121. The molecule has 0 spiro atoms. The minimum Gasteiger partial charge on any atom is -0.349 e. The third-order valence-electron chi connectivity index (χ3n) is 5.69. The highest BCUT2D eigenvalue weighted by atomic mass is 32.1. The third-order valence-corrected chi connectivity index (χ3v) is 6.77. The number of rotatable bonds is 5. The quantitative estimate of drug-likeness (QED) is 0.634. The number of nitrogens with zero attached hydrogens (tertiary/aromatic N) is 2. The van der Waals surface area contributed by atoms with Gasteiger partial charge in [0.1, 0.15) is 0 Å². The van der Waals surface area contributed by atoms with E-state index in [1.165, 1.54) is 28.2 Å². The molecule has 2 aromatic heterocycles. The van der Waals surface area contributed by atoms with Crippen molar-refractivity contribution < 1.29 is 9.59 Å². The summed E-state index contributed by atoms with van der Waals surface area (Å²) in [6.45, 7) is 5.78. The highest BCUT2D eigenvalue weighted by Crippen LogP contribution is 2.32. The molecule has 0 fully saturated rings. The van der Waals surface area contributed by atoms with Gasteiger partial charge in [0.05, 0.1) is 29.2 Å². The van der Waals surface area contributed by atoms with Gasteiger partial charge in [-0.05, 0) is 74.2 Å². The SMILES string of the molecule is CC(=O)c1cc(CC(=O)N[C@H]2CCCc3c2cnn3-c2cccc(C)c2C)cs1. The number of aromatic nitrogens is 2. The van der Waals surface area contributed by atoms with Crippen LogP contribution < -0.4 is 5.32 Å². The van der Waals surface area contributed by atoms with E-state index in [-0.39, 0.29) is 17.7 Å². The molecule has 1 aliphatic rings. The van der Waals surface area contributed by atoms with Crippen LogP contribution in [0.5, 0.6) is 0 Å². The summed E-state index contributed by atoms with van der Waals surface area (Å²) in [6.07, 6.45) is 5.09. The van der Waals surface area contributed by atoms with E-state index in [1.54, 1.807) is 6.92 Å². The van der Waals surface area contributed by atoms with Crippen molar-refractivity contribution in [2.24, 2.45) is 0 Å². The normalized spacial score (nSPS) is 15.8. The first-order chi connectivity index (χ1) is 13.9. The minimum atomic E-state index is -0.0183. The third kappa shape index (κ3) is 3.90. The van der Waals surface area contributed by atoms with Crippen molar-refractivity contribution >= 4 is 23.0 Å². The van der Waals surface area contributed by atoms with Crippen LogP contribution in [0.2, 0.25) is 0 Å². The van der Waals surface area contributed by atoms with Crippen molar-refractivity contribution in [3.63, 3.8) is 0 Å². The number of carbonyl (C=O) groups is 2. The second-order valence-electron chi connectivity index (χ2n) is 7.74. The summed E-state index contributed by atoms with van der Waals surface area (Å²) in [6, 6.07) is 8.07. The molecule has 0 saturated heterocycles. The first-order valence-corrected chi connectivity index (χ1v) is 10.8. The number of hydrogen-bond donors (Lipinski definition) is 1. The maximum Gasteiger partial charge on any atom is 0.224 e. The molecular weight excluding hydrogens is 382 g/mol. The van der Waals surface area contributed by atoms with E-state index in [2.05, 4.69) is 42.5 Å². The highest BCUT2D eigenvalue weighted by molar-refractivity contribution is 7.12. The minimum absolute atomic E-state index is 0.0176. The summed E-state index contributed by atoms with van der Waals surface area (Å²) in [5, 5.41) is 9.73. The van der Waals surface area contributed by atoms with Crippen LogP contribution in [0.15, 0.2) is 35.8 Å². The van der Waals surface area contributed by atoms with E-state index < -0.39 is 0 Å². The fourth-order valence-corrected chi connectivity index (χ4v) is 4.78. The molecule has 1 aromatic carbocycles. The van der Waals surface area contributed by atoms with Crippen LogP contribution in [0.4, 0.5) is 0 Å². The van der Waals surface area contributed by atoms with Gasteiger partial charge in [0.2, 0.25) is 5.91 Å². The van der Waals surface area contributed by atoms with Gasteiger partial charge in [-0.2, -0.15) is 5.10 Å². The number of amides is 1. The first kappa shape index (κ1) is 19.6. The van der Waals surface area contributed by atoms with Gasteiger partial charge in [-0.25, -0.2) is 4.68 Å². The first-order valence-electron chi connectivity index (χ1n) is 9.95. The molecule has 0 aliphatic heterocycles. The molecule has 0 unspecified atom stereocenters. The molecule has 2 heterocycles. The van der Waals surface area contributed by atoms with Gasteiger partial charge >= 0.3 is 0 Å². The molecule has 1 aliphatic carbocycles. The van der Waals surface area contributed by atoms with E-state index in [0.29, 0.717) is 11.3 Å². The number of aryl methyl sites for hydroxylation is 1. The number of fused-ring (bicyclic) bond motifs is 1. The van der Waals surface area contributed by atoms with Crippen LogP contribution in [0.25, 0.3) is 5.69 Å². The van der Waals surface area contributed by atoms with Gasteiger partial charge in [0.15, 0.2) is 5.78 Å². The summed E-state index contributed by atoms with van der Waals surface area (Å²) >= 11 is 1.39. The standard InChI is InChI=1S/C23H25N3O2S/c1-14-6-4-8-20(15(14)2)26-21-9-5-7-19(18(21)12-24-26)25-23(28)11-17-10-22(16(3)27)29-13-17/h4,6,8,10,12-13,19H,5,7,9,11H2,1-3H3,(H,25,28)/t19-/m0/s1. The van der Waals surface area contributed by atoms with E-state index in [4.69, 9.17) is 0 Å². The van der Waals surface area contributed by atoms with Gasteiger partial charge in [-0.1, -0.05) is 12.1 Å². The number of nitrogens with one attached hydrogen (secondary N) is 1. The Labute approximate surface area is 174 Å². The van der Waals surface area contributed by atoms with Gasteiger partial charge in [0, 0.05) is 11.3 Å². The zero-order valence-corrected chi connectivity index (χ0v) is 17.8. The van der Waals surface area contributed by atoms with E-state index in [0.717, 1.165) is 36.1 Å². The molecule has 5 nitrogen and oxygen atoms in total. The highest BCUT2D eigenvalue weighted by Gasteiger charge is 2.26. The second-order valence-corrected chi connectivity index (χ2v) is 8.65. The number of thiophene rings is 1. The Balaban J connectivity index is 1.53. The van der Waals surface area contributed by atoms with Crippen LogP contribution in [-0.4, -0.2) is 21.5 Å². The molecule has 0 bridgehead atoms. The second kappa shape index (κ2) is 7.95. The zero-order chi connectivity index (χ0) is 20.5. The van der Waals surface area contributed by atoms with Crippen LogP contribution >= 0.6 is 11.3 Å². The number of Topliss-reactive ketones (excluding diaryl/α,β-unsaturated/α-hetero) is 1. The predicted octanol–water partition coefficient (Wildman–Crippen LogP) is 4.49. The van der Waals surface area contributed by atoms with Gasteiger partial charge in [-0.3, -0.25) is 9.59 Å². The average Bonchev–Trinajstić information content (AvgIpc) is 3.32. The predicted molar refractivity (Wildman–Crippen MR) is 115 cm³/mol. The Kier molecular flexibility index (Phi) is 5.37. The average molecular weight is 408 g/mol. The Bertz CT molecular complexity index is 1080. The summed E-state index contributed by atoms with van der Waals surface area (Å²) < 4.78 is 2.04. The van der Waals surface area contributed by atoms with E-state index in [1.807, 2.05) is 22.3 Å². The van der Waals surface area contributed by atoms with Crippen LogP contribution in [0.1, 0.15) is 63.4 Å². The Morgan fingerprint density at radius 1 is 1.31 bits per heavy atom. The van der Waals surface area contributed by atoms with Crippen molar-refractivity contribution in [2.75, 3.05) is 0 Å². The Hall–Kier alpha value is -2.73. The molecule has 1 amide bonds. The largest absolute Gasteiger partial charge is 0.349 e. The number of benzene rings is 1. The van der Waals surface area contributed by atoms with Crippen molar-refractivity contribution in [2.45, 2.75) is 52.5 Å². The topological polar surface area (TPSA) is 64.0 Å². The summed E-state index contributed by atoms with van der Waals surface area (Å²) in [5.41, 5.74) is 6.76. The van der Waals surface area contributed by atoms with E-state index in [9.17, 15) is 9.59 Å². The van der Waals surface area contributed by atoms with Crippen LogP contribution in [-0.2, 0) is 17.6 Å². The summed E-state index contributed by atoms with van der Waals surface area (Å²) in [4.78, 5) is 24.8. The summed E-state index contributed by atoms with van der Waals surface area (Å²) in [5.74, 6) is 0.0210. The number of hydrogen-bond acceptors (Lipinski definition) is 4. The molecule has 4 rings (SSSR count). The van der Waals surface area contributed by atoms with Gasteiger partial charge in [-0.15, -0.1) is 11.3 Å². The van der Waals surface area contributed by atoms with Gasteiger partial charge in [0.25, 0.3) is 0 Å². The van der Waals surface area contributed by atoms with Crippen LogP contribution in [0, 0.1) is 13.8 Å². The molecular formula is C23H25N3O2S. The Morgan fingerprint density at radius 2 is 2.14 bits per heavy atom. The monoisotopic (exact) mass is 407 g/mol. The number of ketones is 1. The van der Waals surface area contributed by atoms with Crippen molar-refractivity contribution in [3.05, 3.63) is 68.7 Å². The molecule has 6 heteroatoms. The lowest BCUT2D eigenvalue weighted by Crippen LogP contribution is -2.32. The van der Waals surface area contributed by atoms with Gasteiger partial charge < -0.3 is 5.32 Å². The van der Waals surface area contributed by atoms with E-state index >= 15 is 0 Å². The smallest absolute Gasteiger partial charge is 0.224 e. The van der Waals surface area contributed by atoms with Crippen LogP contribution in [0.3, 0.4) is 0 Å². The van der Waals surface area contributed by atoms with Crippen molar-refractivity contribution in [1.29, 1.82) is 0 Å². The summed E-state index contributed by atoms with van der Waals surface area (Å²) in [7, 11) is 0. The maximum absolute atomic E-state index is 12.6. The maximum atomic E-state index is 12.6. The molecule has 0 radical (unpaired) electrons. The van der Waals surface area contributed by atoms with Crippen molar-refractivity contribution in [1.82, 2.24) is 15.1 Å². The molecule has 1 atom stereocenters. The molecule has 1 N–H and O–H groups in total. The molecule has 3 aromatic rings.